The van der Waals surface area contributed by atoms with Crippen molar-refractivity contribution in [2.45, 2.75) is 46.1 Å². The minimum atomic E-state index is 0.464. The molecule has 0 saturated heterocycles. The SMILES string of the molecule is CCCNC(Cc1cncc(OC)n1)CC(C)C. The van der Waals surface area contributed by atoms with Gasteiger partial charge in [-0.15, -0.1) is 0 Å². The van der Waals surface area contributed by atoms with E-state index in [1.54, 1.807) is 13.3 Å². The average molecular weight is 251 g/mol. The Morgan fingerprint density at radius 3 is 2.72 bits per heavy atom. The van der Waals surface area contributed by atoms with Gasteiger partial charge in [-0.1, -0.05) is 20.8 Å². The zero-order chi connectivity index (χ0) is 13.4. The Labute approximate surface area is 110 Å². The van der Waals surface area contributed by atoms with E-state index in [9.17, 15) is 0 Å². The summed E-state index contributed by atoms with van der Waals surface area (Å²) >= 11 is 0. The Morgan fingerprint density at radius 2 is 2.11 bits per heavy atom. The van der Waals surface area contributed by atoms with E-state index in [2.05, 4.69) is 36.1 Å². The van der Waals surface area contributed by atoms with Crippen LogP contribution in [0.4, 0.5) is 0 Å². The Bertz CT molecular complexity index is 342. The molecule has 0 amide bonds. The second kappa shape index (κ2) is 8.03. The molecular weight excluding hydrogens is 226 g/mol. The highest BCUT2D eigenvalue weighted by Crippen LogP contribution is 2.11. The monoisotopic (exact) mass is 251 g/mol. The van der Waals surface area contributed by atoms with Gasteiger partial charge in [-0.3, -0.25) is 4.98 Å². The van der Waals surface area contributed by atoms with E-state index < -0.39 is 0 Å². The van der Waals surface area contributed by atoms with Crippen molar-refractivity contribution >= 4 is 0 Å². The van der Waals surface area contributed by atoms with Crippen LogP contribution in [-0.2, 0) is 6.42 Å². The molecule has 0 aromatic carbocycles. The molecule has 4 heteroatoms. The average Bonchev–Trinajstić information content (AvgIpc) is 2.35. The van der Waals surface area contributed by atoms with E-state index in [0.29, 0.717) is 17.8 Å². The van der Waals surface area contributed by atoms with Gasteiger partial charge in [-0.25, -0.2) is 4.98 Å². The van der Waals surface area contributed by atoms with E-state index >= 15 is 0 Å². The molecule has 18 heavy (non-hydrogen) atoms. The van der Waals surface area contributed by atoms with Crippen LogP contribution in [0.1, 0.15) is 39.3 Å². The first-order valence-corrected chi connectivity index (χ1v) is 6.74. The van der Waals surface area contributed by atoms with Crippen molar-refractivity contribution in [2.24, 2.45) is 5.92 Å². The third-order valence-electron chi connectivity index (χ3n) is 2.77. The highest BCUT2D eigenvalue weighted by molar-refractivity contribution is 5.09. The maximum Gasteiger partial charge on any atom is 0.232 e. The van der Waals surface area contributed by atoms with Gasteiger partial charge in [0.1, 0.15) is 0 Å². The second-order valence-corrected chi connectivity index (χ2v) is 5.04. The van der Waals surface area contributed by atoms with Crippen LogP contribution in [0.25, 0.3) is 0 Å². The van der Waals surface area contributed by atoms with Crippen molar-refractivity contribution in [3.8, 4) is 5.88 Å². The fourth-order valence-corrected chi connectivity index (χ4v) is 1.99. The lowest BCUT2D eigenvalue weighted by atomic mass is 10.00. The van der Waals surface area contributed by atoms with Crippen LogP contribution in [0.2, 0.25) is 0 Å². The molecule has 102 valence electrons. The fourth-order valence-electron chi connectivity index (χ4n) is 1.99. The summed E-state index contributed by atoms with van der Waals surface area (Å²) in [5.74, 6) is 1.27. The normalized spacial score (nSPS) is 12.7. The molecule has 1 aromatic heterocycles. The molecule has 1 atom stereocenters. The molecular formula is C14H25N3O. The summed E-state index contributed by atoms with van der Waals surface area (Å²) in [4.78, 5) is 8.57. The smallest absolute Gasteiger partial charge is 0.232 e. The Kier molecular flexibility index (Phi) is 6.65. The minimum Gasteiger partial charge on any atom is -0.480 e. The zero-order valence-electron chi connectivity index (χ0n) is 11.9. The highest BCUT2D eigenvalue weighted by atomic mass is 16.5. The van der Waals surface area contributed by atoms with Gasteiger partial charge < -0.3 is 10.1 Å². The van der Waals surface area contributed by atoms with Gasteiger partial charge in [-0.05, 0) is 25.3 Å². The first-order chi connectivity index (χ1) is 8.65. The van der Waals surface area contributed by atoms with Crippen LogP contribution in [-0.4, -0.2) is 29.7 Å². The van der Waals surface area contributed by atoms with E-state index in [0.717, 1.165) is 31.5 Å². The van der Waals surface area contributed by atoms with Crippen molar-refractivity contribution in [3.63, 3.8) is 0 Å². The maximum atomic E-state index is 5.10. The third kappa shape index (κ3) is 5.45. The third-order valence-corrected chi connectivity index (χ3v) is 2.77. The number of nitrogens with one attached hydrogen (secondary N) is 1. The van der Waals surface area contributed by atoms with Crippen molar-refractivity contribution in [2.75, 3.05) is 13.7 Å². The molecule has 4 nitrogen and oxygen atoms in total. The fraction of sp³-hybridized carbons (Fsp3) is 0.714. The first-order valence-electron chi connectivity index (χ1n) is 6.74. The topological polar surface area (TPSA) is 47.0 Å². The summed E-state index contributed by atoms with van der Waals surface area (Å²) in [6.07, 6.45) is 6.67. The maximum absolute atomic E-state index is 5.10. The van der Waals surface area contributed by atoms with Crippen LogP contribution in [0.5, 0.6) is 5.88 Å². The van der Waals surface area contributed by atoms with Crippen LogP contribution >= 0.6 is 0 Å². The lowest BCUT2D eigenvalue weighted by molar-refractivity contribution is 0.387. The molecule has 0 bridgehead atoms. The van der Waals surface area contributed by atoms with Crippen molar-refractivity contribution < 1.29 is 4.74 Å². The van der Waals surface area contributed by atoms with Gasteiger partial charge in [0.15, 0.2) is 0 Å². The molecule has 0 aliphatic carbocycles. The number of ether oxygens (including phenoxy) is 1. The van der Waals surface area contributed by atoms with Gasteiger partial charge in [0.25, 0.3) is 0 Å². The van der Waals surface area contributed by atoms with Crippen molar-refractivity contribution in [1.82, 2.24) is 15.3 Å². The molecule has 1 N–H and O–H groups in total. The van der Waals surface area contributed by atoms with E-state index in [4.69, 9.17) is 4.74 Å². The largest absolute Gasteiger partial charge is 0.480 e. The summed E-state index contributed by atoms with van der Waals surface area (Å²) in [7, 11) is 1.62. The molecule has 0 aliphatic heterocycles. The number of nitrogens with zero attached hydrogens (tertiary/aromatic N) is 2. The summed E-state index contributed by atoms with van der Waals surface area (Å²) in [5, 5.41) is 3.58. The molecule has 0 aliphatic rings. The van der Waals surface area contributed by atoms with Crippen LogP contribution in [0, 0.1) is 5.92 Å². The molecule has 0 saturated carbocycles. The molecule has 1 aromatic rings. The Hall–Kier alpha value is -1.16. The first kappa shape index (κ1) is 14.9. The minimum absolute atomic E-state index is 0.464. The number of rotatable bonds is 8. The lowest BCUT2D eigenvalue weighted by Gasteiger charge is -2.20. The Morgan fingerprint density at radius 1 is 1.33 bits per heavy atom. The number of hydrogen-bond acceptors (Lipinski definition) is 4. The zero-order valence-corrected chi connectivity index (χ0v) is 11.9. The number of aromatic nitrogens is 2. The standard InChI is InChI=1S/C14H25N3O/c1-5-6-16-12(7-11(2)3)8-13-9-15-10-14(17-13)18-4/h9-12,16H,5-8H2,1-4H3. The molecule has 1 rings (SSSR count). The van der Waals surface area contributed by atoms with Gasteiger partial charge in [0.05, 0.1) is 19.0 Å². The summed E-state index contributed by atoms with van der Waals surface area (Å²) in [5.41, 5.74) is 0.989. The summed E-state index contributed by atoms with van der Waals surface area (Å²) < 4.78 is 5.10. The van der Waals surface area contributed by atoms with Crippen molar-refractivity contribution in [3.05, 3.63) is 18.1 Å². The van der Waals surface area contributed by atoms with E-state index in [1.165, 1.54) is 0 Å². The second-order valence-electron chi connectivity index (χ2n) is 5.04. The van der Waals surface area contributed by atoms with Crippen LogP contribution in [0.15, 0.2) is 12.4 Å². The predicted octanol–water partition coefficient (Wildman–Crippen LogP) is 2.44. The van der Waals surface area contributed by atoms with E-state index in [-0.39, 0.29) is 0 Å². The van der Waals surface area contributed by atoms with E-state index in [1.807, 2.05) is 6.20 Å². The summed E-state index contributed by atoms with van der Waals surface area (Å²) in [6.45, 7) is 7.73. The summed E-state index contributed by atoms with van der Waals surface area (Å²) in [6, 6.07) is 0.464. The molecule has 0 fully saturated rings. The Balaban J connectivity index is 2.62. The van der Waals surface area contributed by atoms with Crippen molar-refractivity contribution in [1.29, 1.82) is 0 Å². The molecule has 0 radical (unpaired) electrons. The highest BCUT2D eigenvalue weighted by Gasteiger charge is 2.12. The van der Waals surface area contributed by atoms with Crippen LogP contribution < -0.4 is 10.1 Å². The molecule has 0 spiro atoms. The van der Waals surface area contributed by atoms with Gasteiger partial charge >= 0.3 is 0 Å². The number of methoxy groups -OCH3 is 1. The van der Waals surface area contributed by atoms with Gasteiger partial charge in [-0.2, -0.15) is 0 Å². The molecule has 1 unspecified atom stereocenters. The predicted molar refractivity (Wildman–Crippen MR) is 73.8 cm³/mol. The van der Waals surface area contributed by atoms with Gasteiger partial charge in [0.2, 0.25) is 5.88 Å². The molecule has 1 heterocycles. The van der Waals surface area contributed by atoms with Gasteiger partial charge in [0, 0.05) is 18.7 Å². The quantitative estimate of drug-likeness (QED) is 0.771. The van der Waals surface area contributed by atoms with Crippen LogP contribution in [0.3, 0.4) is 0 Å². The lowest BCUT2D eigenvalue weighted by Crippen LogP contribution is -2.33. The number of hydrogen-bond donors (Lipinski definition) is 1.